The Morgan fingerprint density at radius 2 is 1.48 bits per heavy atom. The predicted octanol–water partition coefficient (Wildman–Crippen LogP) is 5.08. The lowest BCUT2D eigenvalue weighted by Crippen LogP contribution is -2.56. The average Bonchev–Trinajstić information content (AvgIpc) is 2.35. The van der Waals surface area contributed by atoms with E-state index in [0.717, 1.165) is 0 Å². The first-order valence-electron chi connectivity index (χ1n) is 6.74. The highest BCUT2D eigenvalue weighted by Crippen LogP contribution is 2.48. The molecule has 0 amide bonds. The second-order valence-corrected chi connectivity index (χ2v) is 8.35. The highest BCUT2D eigenvalue weighted by atomic mass is 127. The lowest BCUT2D eigenvalue weighted by Gasteiger charge is -2.32. The fraction of sp³-hybridized carbons (Fsp3) is 1.00. The van der Waals surface area contributed by atoms with E-state index in [1.807, 2.05) is 0 Å². The molecule has 0 radical (unpaired) electrons. The van der Waals surface area contributed by atoms with Crippen LogP contribution in [0.2, 0.25) is 0 Å². The van der Waals surface area contributed by atoms with Gasteiger partial charge in [0.25, 0.3) is 0 Å². The summed E-state index contributed by atoms with van der Waals surface area (Å²) in [7, 11) is -6.90. The van der Waals surface area contributed by atoms with Gasteiger partial charge in [-0.25, -0.2) is 4.74 Å². The van der Waals surface area contributed by atoms with Gasteiger partial charge in [0, 0.05) is 10.3 Å². The van der Waals surface area contributed by atoms with Crippen molar-refractivity contribution < 1.29 is 52.8 Å². The quantitative estimate of drug-likeness (QED) is 0.135. The fourth-order valence-corrected chi connectivity index (χ4v) is 2.90. The monoisotopic (exact) mass is 522 g/mol. The van der Waals surface area contributed by atoms with Crippen LogP contribution in [0.15, 0.2) is 0 Å². The Morgan fingerprint density at radius 3 is 1.88 bits per heavy atom. The topological polar surface area (TPSA) is 63.6 Å². The number of unbranched alkanes of at least 4 members (excludes halogenated alkanes) is 2. The smallest absolute Gasteiger partial charge is 0.281 e. The van der Waals surface area contributed by atoms with Crippen molar-refractivity contribution in [1.29, 1.82) is 0 Å². The Kier molecular flexibility index (Phi) is 8.39. The Balaban J connectivity index is 5.27. The Labute approximate surface area is 152 Å². The van der Waals surface area contributed by atoms with Gasteiger partial charge in [-0.2, -0.15) is 43.5 Å². The molecule has 0 fully saturated rings. The summed E-state index contributed by atoms with van der Waals surface area (Å²) in [6, 6.07) is 0. The maximum atomic E-state index is 13.5. The molecule has 0 bridgehead atoms. The van der Waals surface area contributed by atoms with Crippen LogP contribution in [0.3, 0.4) is 0 Å². The van der Waals surface area contributed by atoms with E-state index in [1.54, 1.807) is 6.92 Å². The van der Waals surface area contributed by atoms with E-state index in [2.05, 4.69) is 4.74 Å². The van der Waals surface area contributed by atoms with E-state index in [-0.39, 0.29) is 6.42 Å². The number of ether oxygens (including phenoxy) is 1. The van der Waals surface area contributed by atoms with Crippen LogP contribution in [0.4, 0.5) is 35.1 Å². The summed E-state index contributed by atoms with van der Waals surface area (Å²) < 4.78 is 135. The van der Waals surface area contributed by atoms with Crippen LogP contribution in [0, 0.1) is 0 Å². The van der Waals surface area contributed by atoms with Crippen molar-refractivity contribution >= 4 is 32.7 Å². The second-order valence-electron chi connectivity index (χ2n) is 5.13. The van der Waals surface area contributed by atoms with Crippen LogP contribution in [0.5, 0.6) is 0 Å². The Hall–Kier alpha value is 0.0400. The third-order valence-corrected chi connectivity index (χ3v) is 4.89. The lowest BCUT2D eigenvalue weighted by molar-refractivity contribution is -0.456. The number of halogens is 9. The molecule has 0 saturated carbocycles. The highest BCUT2D eigenvalue weighted by Gasteiger charge is 2.73. The predicted molar refractivity (Wildman–Crippen MR) is 79.0 cm³/mol. The molecule has 4 nitrogen and oxygen atoms in total. The SMILES string of the molecule is CCCCCC(I)CC(F)(F)C(F)(F)OC(F)(F)C(F)(F)S(=O)(=O)O. The largest absolute Gasteiger partial charge is 0.460 e. The summed E-state index contributed by atoms with van der Waals surface area (Å²) in [4.78, 5) is 0. The number of hydrogen-bond acceptors (Lipinski definition) is 3. The zero-order valence-corrected chi connectivity index (χ0v) is 15.6. The standard InChI is InChI=1S/C11H15F8IO4S/c1-2-3-4-5-7(20)6-8(12,13)9(14,15)24-10(16,17)11(18,19)25(21,22)23/h7H,2-6H2,1H3,(H,21,22,23). The van der Waals surface area contributed by atoms with E-state index in [0.29, 0.717) is 19.3 Å². The van der Waals surface area contributed by atoms with Crippen molar-refractivity contribution in [1.82, 2.24) is 0 Å². The lowest BCUT2D eigenvalue weighted by atomic mass is 10.1. The maximum Gasteiger partial charge on any atom is 0.460 e. The van der Waals surface area contributed by atoms with E-state index in [4.69, 9.17) is 4.55 Å². The number of alkyl halides is 9. The summed E-state index contributed by atoms with van der Waals surface area (Å²) >= 11 is 1.37. The second kappa shape index (κ2) is 8.37. The molecule has 0 rings (SSSR count). The first-order valence-corrected chi connectivity index (χ1v) is 9.42. The van der Waals surface area contributed by atoms with Crippen molar-refractivity contribution in [3.05, 3.63) is 0 Å². The van der Waals surface area contributed by atoms with Gasteiger partial charge in [-0.05, 0) is 6.42 Å². The highest BCUT2D eigenvalue weighted by molar-refractivity contribution is 14.1. The van der Waals surface area contributed by atoms with Crippen LogP contribution in [-0.2, 0) is 14.9 Å². The molecule has 0 aromatic heterocycles. The van der Waals surface area contributed by atoms with Crippen LogP contribution in [-0.4, -0.2) is 40.3 Å². The van der Waals surface area contributed by atoms with Crippen molar-refractivity contribution in [3.8, 4) is 0 Å². The van der Waals surface area contributed by atoms with E-state index >= 15 is 0 Å². The van der Waals surface area contributed by atoms with Crippen molar-refractivity contribution in [2.45, 2.75) is 66.3 Å². The molecule has 0 aliphatic rings. The zero-order valence-electron chi connectivity index (χ0n) is 12.6. The number of hydrogen-bond donors (Lipinski definition) is 1. The van der Waals surface area contributed by atoms with Gasteiger partial charge < -0.3 is 0 Å². The van der Waals surface area contributed by atoms with Crippen molar-refractivity contribution in [3.63, 3.8) is 0 Å². The molecule has 1 N–H and O–H groups in total. The van der Waals surface area contributed by atoms with Crippen molar-refractivity contribution in [2.75, 3.05) is 0 Å². The summed E-state index contributed by atoms with van der Waals surface area (Å²) in [5.74, 6) is -5.29. The summed E-state index contributed by atoms with van der Waals surface area (Å²) in [6.45, 7) is 1.79. The molecule has 25 heavy (non-hydrogen) atoms. The fourth-order valence-electron chi connectivity index (χ4n) is 1.56. The van der Waals surface area contributed by atoms with Gasteiger partial charge in [-0.3, -0.25) is 4.55 Å². The average molecular weight is 522 g/mol. The third-order valence-electron chi connectivity index (χ3n) is 2.94. The van der Waals surface area contributed by atoms with Gasteiger partial charge in [-0.15, -0.1) is 0 Å². The molecule has 0 spiro atoms. The van der Waals surface area contributed by atoms with Crippen LogP contribution in [0.25, 0.3) is 0 Å². The van der Waals surface area contributed by atoms with Gasteiger partial charge in [0.2, 0.25) is 0 Å². The van der Waals surface area contributed by atoms with E-state index in [1.165, 1.54) is 22.6 Å². The summed E-state index contributed by atoms with van der Waals surface area (Å²) in [5, 5.41) is -6.55. The molecule has 1 unspecified atom stereocenters. The molecule has 152 valence electrons. The summed E-state index contributed by atoms with van der Waals surface area (Å²) in [5.41, 5.74) is 0. The molecular formula is C11H15F8IO4S. The molecule has 0 saturated heterocycles. The molecule has 0 heterocycles. The van der Waals surface area contributed by atoms with E-state index < -0.39 is 43.9 Å². The van der Waals surface area contributed by atoms with Crippen LogP contribution in [0.1, 0.15) is 39.0 Å². The summed E-state index contributed by atoms with van der Waals surface area (Å²) in [6.07, 6.45) is -12.6. The molecule has 0 aliphatic heterocycles. The Bertz CT molecular complexity index is 540. The zero-order chi connectivity index (χ0) is 20.3. The van der Waals surface area contributed by atoms with Gasteiger partial charge in [0.05, 0.1) is 0 Å². The van der Waals surface area contributed by atoms with Crippen LogP contribution >= 0.6 is 22.6 Å². The molecule has 0 aromatic rings. The first-order chi connectivity index (χ1) is 10.9. The maximum absolute atomic E-state index is 13.5. The molecule has 14 heteroatoms. The van der Waals surface area contributed by atoms with Gasteiger partial charge in [0.1, 0.15) is 0 Å². The molecule has 0 aliphatic carbocycles. The molecular weight excluding hydrogens is 507 g/mol. The third kappa shape index (κ3) is 6.30. The van der Waals surface area contributed by atoms with E-state index in [9.17, 15) is 43.5 Å². The molecule has 0 aromatic carbocycles. The Morgan fingerprint density at radius 1 is 1.00 bits per heavy atom. The normalized spacial score (nSPS) is 16.1. The minimum atomic E-state index is -6.90. The minimum absolute atomic E-state index is 0.0393. The molecule has 1 atom stereocenters. The number of rotatable bonds is 11. The minimum Gasteiger partial charge on any atom is -0.281 e. The first kappa shape index (κ1) is 25.0. The van der Waals surface area contributed by atoms with Gasteiger partial charge in [0.15, 0.2) is 0 Å². The van der Waals surface area contributed by atoms with Crippen LogP contribution < -0.4 is 0 Å². The van der Waals surface area contributed by atoms with Crippen molar-refractivity contribution in [2.24, 2.45) is 0 Å². The van der Waals surface area contributed by atoms with Gasteiger partial charge in [-0.1, -0.05) is 48.8 Å². The van der Waals surface area contributed by atoms with Gasteiger partial charge >= 0.3 is 33.5 Å².